The number of carbonyl (C=O) groups excluding carboxylic acids is 1. The summed E-state index contributed by atoms with van der Waals surface area (Å²) in [6.07, 6.45) is 2.14. The normalized spacial score (nSPS) is 55.1. The molecule has 2 aliphatic carbocycles. The monoisotopic (exact) mass is 168 g/mol. The van der Waals surface area contributed by atoms with Crippen LogP contribution in [0.4, 0.5) is 4.79 Å². The molecule has 0 radical (unpaired) electrons. The maximum absolute atomic E-state index is 10.8. The van der Waals surface area contributed by atoms with Crippen LogP contribution in [0.2, 0.25) is 0 Å². The van der Waals surface area contributed by atoms with Gasteiger partial charge in [0.05, 0.1) is 0 Å². The molecule has 0 N–H and O–H groups in total. The molecule has 66 valence electrons. The summed E-state index contributed by atoms with van der Waals surface area (Å²) in [6.45, 7) is 2.24. The minimum Gasteiger partial charge on any atom is -0.427 e. The molecule has 3 aliphatic rings. The first-order valence-corrected chi connectivity index (χ1v) is 4.63. The van der Waals surface area contributed by atoms with Crippen LogP contribution in [0.1, 0.15) is 19.8 Å². The molecule has 2 saturated carbocycles. The van der Waals surface area contributed by atoms with Crippen molar-refractivity contribution in [1.29, 1.82) is 0 Å². The van der Waals surface area contributed by atoms with Gasteiger partial charge in [-0.3, -0.25) is 0 Å². The average Bonchev–Trinajstić information content (AvgIpc) is 2.57. The smallest absolute Gasteiger partial charge is 0.427 e. The largest absolute Gasteiger partial charge is 0.509 e. The quantitative estimate of drug-likeness (QED) is 0.515. The highest BCUT2D eigenvalue weighted by Crippen LogP contribution is 2.52. The second-order valence-corrected chi connectivity index (χ2v) is 4.29. The summed E-state index contributed by atoms with van der Waals surface area (Å²) in [5.74, 6) is 1.87. The van der Waals surface area contributed by atoms with E-state index in [4.69, 9.17) is 9.47 Å². The predicted octanol–water partition coefficient (Wildman–Crippen LogP) is 1.57. The summed E-state index contributed by atoms with van der Waals surface area (Å²) in [7, 11) is 0. The number of fused-ring (bicyclic) bond motifs is 5. The van der Waals surface area contributed by atoms with Crippen molar-refractivity contribution < 1.29 is 14.3 Å². The number of carbonyl (C=O) groups is 1. The first kappa shape index (κ1) is 6.75. The zero-order valence-corrected chi connectivity index (χ0v) is 7.03. The molecular formula is C9H12O3. The molecular weight excluding hydrogens is 156 g/mol. The summed E-state index contributed by atoms with van der Waals surface area (Å²) in [5.41, 5.74) is 0. The van der Waals surface area contributed by atoms with Crippen LogP contribution in [0.15, 0.2) is 0 Å². The fraction of sp³-hybridized carbons (Fsp3) is 0.889. The third-order valence-electron chi connectivity index (χ3n) is 3.66. The minimum atomic E-state index is -0.450. The molecule has 3 heteroatoms. The van der Waals surface area contributed by atoms with E-state index in [0.29, 0.717) is 17.8 Å². The molecule has 3 fully saturated rings. The summed E-state index contributed by atoms with van der Waals surface area (Å²) >= 11 is 0. The van der Waals surface area contributed by atoms with Crippen molar-refractivity contribution >= 4 is 6.16 Å². The van der Waals surface area contributed by atoms with Gasteiger partial charge in [-0.2, -0.15) is 0 Å². The summed E-state index contributed by atoms with van der Waals surface area (Å²) < 4.78 is 10.2. The zero-order valence-electron chi connectivity index (χ0n) is 7.03. The van der Waals surface area contributed by atoms with Crippen LogP contribution in [0, 0.1) is 17.8 Å². The Morgan fingerprint density at radius 1 is 1.25 bits per heavy atom. The highest BCUT2D eigenvalue weighted by atomic mass is 16.8. The molecule has 1 aliphatic heterocycles. The van der Waals surface area contributed by atoms with Gasteiger partial charge in [0, 0.05) is 11.8 Å². The molecule has 0 spiro atoms. The number of ether oxygens (including phenoxy) is 2. The molecule has 12 heavy (non-hydrogen) atoms. The minimum absolute atomic E-state index is 0.0891. The highest BCUT2D eigenvalue weighted by Gasteiger charge is 2.58. The van der Waals surface area contributed by atoms with E-state index in [1.54, 1.807) is 0 Å². The fourth-order valence-corrected chi connectivity index (χ4v) is 3.14. The first-order valence-electron chi connectivity index (χ1n) is 4.63. The maximum Gasteiger partial charge on any atom is 0.509 e. The highest BCUT2D eigenvalue weighted by molar-refractivity contribution is 5.63. The fourth-order valence-electron chi connectivity index (χ4n) is 3.14. The van der Waals surface area contributed by atoms with Crippen molar-refractivity contribution in [1.82, 2.24) is 0 Å². The second-order valence-electron chi connectivity index (χ2n) is 4.29. The lowest BCUT2D eigenvalue weighted by molar-refractivity contribution is 0.0746. The summed E-state index contributed by atoms with van der Waals surface area (Å²) in [5, 5.41) is 0. The molecule has 0 aromatic rings. The maximum atomic E-state index is 10.8. The topological polar surface area (TPSA) is 35.5 Å². The van der Waals surface area contributed by atoms with E-state index in [-0.39, 0.29) is 12.2 Å². The lowest BCUT2D eigenvalue weighted by atomic mass is 9.86. The van der Waals surface area contributed by atoms with E-state index in [1.807, 2.05) is 0 Å². The molecule has 0 amide bonds. The van der Waals surface area contributed by atoms with E-state index in [0.717, 1.165) is 0 Å². The molecule has 3 rings (SSSR count). The average molecular weight is 168 g/mol. The van der Waals surface area contributed by atoms with Gasteiger partial charge in [0.15, 0.2) is 0 Å². The van der Waals surface area contributed by atoms with Crippen LogP contribution < -0.4 is 0 Å². The standard InChI is InChI=1S/C9H12O3/c1-4-2-5-3-6(4)8-7(5)11-9(10)12-8/h4-8H,2-3H2,1H3. The van der Waals surface area contributed by atoms with Crippen LogP contribution in [0.5, 0.6) is 0 Å². The molecule has 5 unspecified atom stereocenters. The molecule has 0 aromatic carbocycles. The summed E-state index contributed by atoms with van der Waals surface area (Å²) in [6, 6.07) is 0. The Morgan fingerprint density at radius 2 is 2.00 bits per heavy atom. The third-order valence-corrected chi connectivity index (χ3v) is 3.66. The zero-order chi connectivity index (χ0) is 8.29. The molecule has 3 nitrogen and oxygen atoms in total. The predicted molar refractivity (Wildman–Crippen MR) is 40.5 cm³/mol. The summed E-state index contributed by atoms with van der Waals surface area (Å²) in [4.78, 5) is 10.8. The Kier molecular flexibility index (Phi) is 1.10. The Bertz CT molecular complexity index is 238. The molecule has 2 bridgehead atoms. The van der Waals surface area contributed by atoms with Crippen LogP contribution in [-0.2, 0) is 9.47 Å². The molecule has 5 atom stereocenters. The lowest BCUT2D eigenvalue weighted by Gasteiger charge is -2.24. The molecule has 1 heterocycles. The van der Waals surface area contributed by atoms with Crippen molar-refractivity contribution in [3.8, 4) is 0 Å². The Hall–Kier alpha value is -0.730. The van der Waals surface area contributed by atoms with E-state index in [1.165, 1.54) is 12.8 Å². The van der Waals surface area contributed by atoms with Gasteiger partial charge in [0.2, 0.25) is 0 Å². The number of hydrogen-bond donors (Lipinski definition) is 0. The van der Waals surface area contributed by atoms with E-state index in [9.17, 15) is 4.79 Å². The van der Waals surface area contributed by atoms with E-state index < -0.39 is 6.16 Å². The van der Waals surface area contributed by atoms with Gasteiger partial charge in [0.1, 0.15) is 12.2 Å². The Labute approximate surface area is 71.0 Å². The number of rotatable bonds is 0. The number of hydrogen-bond acceptors (Lipinski definition) is 3. The SMILES string of the molecule is CC1CC2CC1C1OC(=O)OC21. The lowest BCUT2D eigenvalue weighted by Crippen LogP contribution is -2.33. The van der Waals surface area contributed by atoms with Crippen molar-refractivity contribution in [2.45, 2.75) is 32.0 Å². The van der Waals surface area contributed by atoms with Crippen molar-refractivity contribution in [3.63, 3.8) is 0 Å². The van der Waals surface area contributed by atoms with Crippen molar-refractivity contribution in [2.24, 2.45) is 17.8 Å². The van der Waals surface area contributed by atoms with Gasteiger partial charge in [-0.05, 0) is 18.8 Å². The van der Waals surface area contributed by atoms with Gasteiger partial charge in [-0.15, -0.1) is 0 Å². The van der Waals surface area contributed by atoms with E-state index in [2.05, 4.69) is 6.92 Å². The van der Waals surface area contributed by atoms with Crippen LogP contribution in [-0.4, -0.2) is 18.4 Å². The Morgan fingerprint density at radius 3 is 2.83 bits per heavy atom. The van der Waals surface area contributed by atoms with Crippen molar-refractivity contribution in [3.05, 3.63) is 0 Å². The van der Waals surface area contributed by atoms with Crippen LogP contribution in [0.25, 0.3) is 0 Å². The Balaban J connectivity index is 1.90. The third kappa shape index (κ3) is 0.648. The molecule has 0 aromatic heterocycles. The van der Waals surface area contributed by atoms with Crippen LogP contribution >= 0.6 is 0 Å². The molecule has 1 saturated heterocycles. The van der Waals surface area contributed by atoms with Gasteiger partial charge in [-0.1, -0.05) is 6.92 Å². The first-order chi connectivity index (χ1) is 5.75. The van der Waals surface area contributed by atoms with Gasteiger partial charge >= 0.3 is 6.16 Å². The van der Waals surface area contributed by atoms with Gasteiger partial charge < -0.3 is 9.47 Å². The van der Waals surface area contributed by atoms with Crippen LogP contribution in [0.3, 0.4) is 0 Å². The van der Waals surface area contributed by atoms with Gasteiger partial charge in [-0.25, -0.2) is 4.79 Å². The van der Waals surface area contributed by atoms with Crippen molar-refractivity contribution in [2.75, 3.05) is 0 Å². The second kappa shape index (κ2) is 1.95. The van der Waals surface area contributed by atoms with Gasteiger partial charge in [0.25, 0.3) is 0 Å². The van der Waals surface area contributed by atoms with E-state index >= 15 is 0 Å².